The van der Waals surface area contributed by atoms with Gasteiger partial charge in [-0.25, -0.2) is 9.80 Å². The molecule has 1 aliphatic heterocycles. The molecule has 0 aliphatic carbocycles. The molecule has 2 aromatic carbocycles. The van der Waals surface area contributed by atoms with Crippen molar-refractivity contribution in [1.82, 2.24) is 15.1 Å². The van der Waals surface area contributed by atoms with E-state index in [-0.39, 0.29) is 24.8 Å². The molecule has 178 valence electrons. The Hall–Kier alpha value is -4.66. The van der Waals surface area contributed by atoms with Gasteiger partial charge in [0.25, 0.3) is 0 Å². The lowest BCUT2D eigenvalue weighted by molar-refractivity contribution is 0.198. The van der Waals surface area contributed by atoms with Crippen LogP contribution < -0.4 is 5.32 Å². The number of nitrogens with zero attached hydrogens (tertiary/aromatic N) is 4. The molecule has 9 heteroatoms. The van der Waals surface area contributed by atoms with Gasteiger partial charge in [0.1, 0.15) is 11.5 Å². The fourth-order valence-electron chi connectivity index (χ4n) is 3.99. The maximum Gasteiger partial charge on any atom is 0.345 e. The second kappa shape index (κ2) is 9.68. The number of aromatic hydroxyl groups is 2. The fourth-order valence-corrected chi connectivity index (χ4v) is 3.99. The summed E-state index contributed by atoms with van der Waals surface area (Å²) in [4.78, 5) is 17.6. The van der Waals surface area contributed by atoms with Gasteiger partial charge in [-0.15, -0.1) is 0 Å². The van der Waals surface area contributed by atoms with Crippen LogP contribution in [0.15, 0.2) is 82.7 Å². The molecule has 0 fully saturated rings. The van der Waals surface area contributed by atoms with Crippen molar-refractivity contribution in [2.24, 2.45) is 5.10 Å². The molecule has 3 N–H and O–H groups in total. The van der Waals surface area contributed by atoms with Crippen LogP contribution in [0, 0.1) is 6.92 Å². The summed E-state index contributed by atoms with van der Waals surface area (Å²) < 4.78 is 5.41. The number of urea groups is 1. The molecule has 2 amide bonds. The largest absolute Gasteiger partial charge is 0.508 e. The number of rotatable bonds is 4. The number of phenolic OH excluding ortho intramolecular Hbond substituents is 2. The number of aromatic nitrogens is 2. The lowest BCUT2D eigenvalue weighted by Gasteiger charge is -2.22. The summed E-state index contributed by atoms with van der Waals surface area (Å²) >= 11 is 0. The Bertz CT molecular complexity index is 1370. The number of hydrogen-bond acceptors (Lipinski definition) is 7. The fraction of sp³-hybridized carbons (Fsp3) is 0.154. The molecule has 35 heavy (non-hydrogen) atoms. The molecule has 1 aliphatic rings. The summed E-state index contributed by atoms with van der Waals surface area (Å²) in [6, 6.07) is 16.0. The number of aryl methyl sites for hydroxylation is 1. The second-order valence-electron chi connectivity index (χ2n) is 7.86. The zero-order valence-corrected chi connectivity index (χ0v) is 18.2. The van der Waals surface area contributed by atoms with Gasteiger partial charge in [0.15, 0.2) is 0 Å². The number of benzene rings is 2. The average Bonchev–Trinajstić information content (AvgIpc) is 3.45. The molecule has 0 radical (unpaired) electrons. The molecule has 1 unspecified atom stereocenters. The van der Waals surface area contributed by atoms with Crippen molar-refractivity contribution in [2.45, 2.75) is 26.8 Å². The number of hydrogen-bond donors (Lipinski definition) is 3. The molecular formula is C26H25N5O4. The van der Waals surface area contributed by atoms with E-state index in [4.69, 9.17) is 4.52 Å². The standard InChI is InChI=1S/C25H21N5O4.CH4/c1-15-23(16-8-10-18(31)11-9-16)24(34-29-15)27-25(33)30-21(19-6-2-3-7-22(19)32)13-20(28-30)17-5-4-12-26-14-17;/h2-12,14,21,31-32H,13H2,1H3,(H,27,33);1H4. The Labute approximate surface area is 202 Å². The van der Waals surface area contributed by atoms with Crippen molar-refractivity contribution < 1.29 is 19.5 Å². The summed E-state index contributed by atoms with van der Waals surface area (Å²) in [7, 11) is 0. The van der Waals surface area contributed by atoms with E-state index in [2.05, 4.69) is 20.6 Å². The van der Waals surface area contributed by atoms with Gasteiger partial charge in [0.2, 0.25) is 5.88 Å². The molecule has 0 saturated heterocycles. The van der Waals surface area contributed by atoms with Crippen LogP contribution >= 0.6 is 0 Å². The quantitative estimate of drug-likeness (QED) is 0.362. The van der Waals surface area contributed by atoms with Crippen LogP contribution in [0.2, 0.25) is 0 Å². The molecule has 5 rings (SSSR count). The number of hydrazone groups is 1. The van der Waals surface area contributed by atoms with Crippen molar-refractivity contribution in [3.05, 3.63) is 89.9 Å². The molecular weight excluding hydrogens is 446 g/mol. The summed E-state index contributed by atoms with van der Waals surface area (Å²) in [6.45, 7) is 1.76. The predicted octanol–water partition coefficient (Wildman–Crippen LogP) is 5.48. The molecule has 9 nitrogen and oxygen atoms in total. The van der Waals surface area contributed by atoms with E-state index < -0.39 is 12.1 Å². The molecule has 0 bridgehead atoms. The van der Waals surface area contributed by atoms with Crippen LogP contribution in [0.5, 0.6) is 11.5 Å². The van der Waals surface area contributed by atoms with Gasteiger partial charge in [-0.1, -0.05) is 49.0 Å². The van der Waals surface area contributed by atoms with Gasteiger partial charge in [-0.05, 0) is 36.8 Å². The van der Waals surface area contributed by atoms with E-state index in [0.29, 0.717) is 29.0 Å². The zero-order chi connectivity index (χ0) is 23.7. The number of carbonyl (C=O) groups is 1. The molecule has 4 aromatic rings. The van der Waals surface area contributed by atoms with Crippen molar-refractivity contribution in [3.8, 4) is 22.6 Å². The molecule has 3 heterocycles. The van der Waals surface area contributed by atoms with E-state index in [0.717, 1.165) is 11.1 Å². The molecule has 1 atom stereocenters. The smallest absolute Gasteiger partial charge is 0.345 e. The van der Waals surface area contributed by atoms with Gasteiger partial charge in [0, 0.05) is 29.9 Å². The number of phenols is 2. The highest BCUT2D eigenvalue weighted by atomic mass is 16.5. The van der Waals surface area contributed by atoms with Gasteiger partial charge < -0.3 is 14.7 Å². The number of amides is 2. The van der Waals surface area contributed by atoms with Crippen molar-refractivity contribution >= 4 is 17.6 Å². The Morgan fingerprint density at radius 1 is 1.06 bits per heavy atom. The predicted molar refractivity (Wildman–Crippen MR) is 132 cm³/mol. The average molecular weight is 472 g/mol. The van der Waals surface area contributed by atoms with E-state index in [1.54, 1.807) is 73.9 Å². The maximum atomic E-state index is 13.4. The zero-order valence-electron chi connectivity index (χ0n) is 18.2. The highest BCUT2D eigenvalue weighted by Gasteiger charge is 2.35. The number of carbonyl (C=O) groups excluding carboxylic acids is 1. The van der Waals surface area contributed by atoms with Gasteiger partial charge >= 0.3 is 6.03 Å². The van der Waals surface area contributed by atoms with E-state index >= 15 is 0 Å². The number of para-hydroxylation sites is 1. The lowest BCUT2D eigenvalue weighted by atomic mass is 9.98. The summed E-state index contributed by atoms with van der Waals surface area (Å²) in [5.74, 6) is 0.366. The van der Waals surface area contributed by atoms with E-state index in [9.17, 15) is 15.0 Å². The first-order chi connectivity index (χ1) is 16.5. The minimum atomic E-state index is -0.539. The van der Waals surface area contributed by atoms with Crippen LogP contribution in [-0.2, 0) is 0 Å². The van der Waals surface area contributed by atoms with Gasteiger partial charge in [-0.3, -0.25) is 10.3 Å². The van der Waals surface area contributed by atoms with Crippen molar-refractivity contribution in [3.63, 3.8) is 0 Å². The molecule has 2 aromatic heterocycles. The van der Waals surface area contributed by atoms with Crippen LogP contribution in [0.1, 0.15) is 36.7 Å². The Balaban J connectivity index is 0.00000289. The Morgan fingerprint density at radius 2 is 1.83 bits per heavy atom. The minimum absolute atomic E-state index is 0. The molecule has 0 spiro atoms. The third-order valence-electron chi connectivity index (χ3n) is 5.65. The SMILES string of the molecule is C.Cc1noc(NC(=O)N2N=C(c3cccnc3)CC2c2ccccc2O)c1-c1ccc(O)cc1. The Morgan fingerprint density at radius 3 is 2.54 bits per heavy atom. The second-order valence-corrected chi connectivity index (χ2v) is 7.86. The van der Waals surface area contributed by atoms with E-state index in [1.807, 2.05) is 6.07 Å². The normalized spacial score (nSPS) is 14.8. The van der Waals surface area contributed by atoms with Crippen LogP contribution in [-0.4, -0.2) is 37.1 Å². The lowest BCUT2D eigenvalue weighted by Crippen LogP contribution is -2.31. The van der Waals surface area contributed by atoms with E-state index in [1.165, 1.54) is 5.01 Å². The number of pyridine rings is 1. The van der Waals surface area contributed by atoms with Crippen LogP contribution in [0.25, 0.3) is 11.1 Å². The van der Waals surface area contributed by atoms with Gasteiger partial charge in [-0.2, -0.15) is 5.10 Å². The van der Waals surface area contributed by atoms with Crippen LogP contribution in [0.4, 0.5) is 10.7 Å². The maximum absolute atomic E-state index is 13.4. The first kappa shape index (κ1) is 23.5. The summed E-state index contributed by atoms with van der Waals surface area (Å²) in [5.41, 5.74) is 3.95. The number of nitrogens with one attached hydrogen (secondary N) is 1. The van der Waals surface area contributed by atoms with Gasteiger partial charge in [0.05, 0.1) is 23.0 Å². The summed E-state index contributed by atoms with van der Waals surface area (Å²) in [5, 5.41) is 32.7. The highest BCUT2D eigenvalue weighted by molar-refractivity contribution is 6.04. The number of anilines is 1. The van der Waals surface area contributed by atoms with Crippen molar-refractivity contribution in [1.29, 1.82) is 0 Å². The first-order valence-corrected chi connectivity index (χ1v) is 10.6. The van der Waals surface area contributed by atoms with Crippen LogP contribution in [0.3, 0.4) is 0 Å². The van der Waals surface area contributed by atoms with Crippen molar-refractivity contribution in [2.75, 3.05) is 5.32 Å². The third kappa shape index (κ3) is 4.56. The summed E-state index contributed by atoms with van der Waals surface area (Å²) in [6.07, 6.45) is 3.75. The third-order valence-corrected chi connectivity index (χ3v) is 5.65. The highest BCUT2D eigenvalue weighted by Crippen LogP contribution is 2.38. The minimum Gasteiger partial charge on any atom is -0.508 e. The topological polar surface area (TPSA) is 124 Å². The monoisotopic (exact) mass is 471 g/mol. The first-order valence-electron chi connectivity index (χ1n) is 10.6. The molecule has 0 saturated carbocycles. The Kier molecular flexibility index (Phi) is 6.50.